The number of aromatic nitrogens is 2. The van der Waals surface area contributed by atoms with Crippen molar-refractivity contribution in [1.82, 2.24) is 9.97 Å². The number of aromatic carboxylic acids is 1. The Morgan fingerprint density at radius 2 is 1.40 bits per heavy atom. The number of amides is 2. The van der Waals surface area contributed by atoms with E-state index in [1.807, 2.05) is 0 Å². The van der Waals surface area contributed by atoms with Crippen LogP contribution in [0.4, 0.5) is 15.8 Å². The van der Waals surface area contributed by atoms with Gasteiger partial charge in [0.2, 0.25) is 0 Å². The predicted octanol–water partition coefficient (Wildman–Crippen LogP) is 7.53. The maximum absolute atomic E-state index is 14.0. The number of halogens is 4. The minimum atomic E-state index is -1.37. The van der Waals surface area contributed by atoms with Crippen LogP contribution < -0.4 is 10.6 Å². The molecular weight excluding hydrogens is 582 g/mol. The number of fused-ring (bicyclic) bond motifs is 1. The van der Waals surface area contributed by atoms with E-state index < -0.39 is 23.6 Å². The zero-order chi connectivity index (χ0) is 28.6. The second-order valence-corrected chi connectivity index (χ2v) is 9.79. The smallest absolute Gasteiger partial charge is 0.337 e. The van der Waals surface area contributed by atoms with Crippen LogP contribution in [0.2, 0.25) is 15.1 Å². The number of hydrogen-bond acceptors (Lipinski definition) is 4. The molecular formula is C28H16Cl3FN4O4. The van der Waals surface area contributed by atoms with Gasteiger partial charge in [0.1, 0.15) is 11.6 Å². The molecule has 2 amide bonds. The van der Waals surface area contributed by atoms with E-state index in [4.69, 9.17) is 34.8 Å². The van der Waals surface area contributed by atoms with Crippen molar-refractivity contribution in [3.05, 3.63) is 110 Å². The lowest BCUT2D eigenvalue weighted by Crippen LogP contribution is -2.17. The van der Waals surface area contributed by atoms with E-state index in [1.54, 1.807) is 36.4 Å². The van der Waals surface area contributed by atoms with Gasteiger partial charge in [0.05, 0.1) is 38.0 Å². The first-order valence-electron chi connectivity index (χ1n) is 11.5. The highest BCUT2D eigenvalue weighted by Gasteiger charge is 2.18. The number of nitrogens with one attached hydrogen (secondary N) is 3. The summed E-state index contributed by atoms with van der Waals surface area (Å²) >= 11 is 17.8. The van der Waals surface area contributed by atoms with E-state index >= 15 is 0 Å². The fourth-order valence-electron chi connectivity index (χ4n) is 3.87. The average Bonchev–Trinajstić information content (AvgIpc) is 3.33. The maximum Gasteiger partial charge on any atom is 0.337 e. The van der Waals surface area contributed by atoms with Gasteiger partial charge in [0, 0.05) is 21.7 Å². The van der Waals surface area contributed by atoms with Crippen molar-refractivity contribution in [2.75, 3.05) is 10.6 Å². The van der Waals surface area contributed by atoms with Gasteiger partial charge in [-0.25, -0.2) is 14.2 Å². The molecule has 0 aliphatic heterocycles. The Balaban J connectivity index is 1.33. The van der Waals surface area contributed by atoms with Crippen LogP contribution in [0, 0.1) is 5.82 Å². The SMILES string of the molecule is O=C(Nc1ccc(Cl)cc1F)c1ccc(NC(=O)c2ccc(-c3nc4cc(Cl)c(Cl)cc4[nH]3)cc2)c(C(=O)O)c1. The molecule has 5 rings (SSSR count). The number of carboxylic acids is 1. The number of carboxylic acid groups (broad SMARTS) is 1. The number of hydrogen-bond donors (Lipinski definition) is 4. The lowest BCUT2D eigenvalue weighted by Gasteiger charge is -2.12. The number of carbonyl (C=O) groups is 3. The third kappa shape index (κ3) is 5.62. The molecule has 0 bridgehead atoms. The molecule has 1 aromatic heterocycles. The molecule has 0 unspecified atom stereocenters. The molecule has 0 saturated carbocycles. The molecule has 8 nitrogen and oxygen atoms in total. The van der Waals surface area contributed by atoms with Crippen molar-refractivity contribution >= 4 is 75.0 Å². The van der Waals surface area contributed by atoms with E-state index in [9.17, 15) is 23.9 Å². The summed E-state index contributed by atoms with van der Waals surface area (Å²) in [5, 5.41) is 15.5. The molecule has 0 radical (unpaired) electrons. The summed E-state index contributed by atoms with van der Waals surface area (Å²) in [4.78, 5) is 45.0. The molecule has 12 heteroatoms. The molecule has 0 aliphatic carbocycles. The van der Waals surface area contributed by atoms with Gasteiger partial charge in [-0.05, 0) is 60.7 Å². The van der Waals surface area contributed by atoms with Crippen LogP contribution in [0.1, 0.15) is 31.1 Å². The van der Waals surface area contributed by atoms with Crippen LogP contribution in [0.3, 0.4) is 0 Å². The lowest BCUT2D eigenvalue weighted by atomic mass is 10.1. The number of aromatic amines is 1. The highest BCUT2D eigenvalue weighted by atomic mass is 35.5. The molecule has 40 heavy (non-hydrogen) atoms. The van der Waals surface area contributed by atoms with E-state index in [2.05, 4.69) is 20.6 Å². The van der Waals surface area contributed by atoms with E-state index in [-0.39, 0.29) is 33.1 Å². The zero-order valence-electron chi connectivity index (χ0n) is 20.1. The first-order valence-corrected chi connectivity index (χ1v) is 12.6. The first kappa shape index (κ1) is 27.1. The number of imidazole rings is 1. The van der Waals surface area contributed by atoms with Crippen LogP contribution in [0.15, 0.2) is 72.8 Å². The van der Waals surface area contributed by atoms with Gasteiger partial charge in [-0.3, -0.25) is 9.59 Å². The number of nitrogens with zero attached hydrogens (tertiary/aromatic N) is 1. The highest BCUT2D eigenvalue weighted by molar-refractivity contribution is 6.42. The van der Waals surface area contributed by atoms with Crippen LogP contribution in [0.25, 0.3) is 22.4 Å². The van der Waals surface area contributed by atoms with E-state index in [0.717, 1.165) is 12.1 Å². The molecule has 0 fully saturated rings. The molecule has 4 N–H and O–H groups in total. The third-order valence-electron chi connectivity index (χ3n) is 5.88. The zero-order valence-corrected chi connectivity index (χ0v) is 22.3. The Labute approximate surface area is 240 Å². The Kier molecular flexibility index (Phi) is 7.44. The number of H-pyrrole nitrogens is 1. The highest BCUT2D eigenvalue weighted by Crippen LogP contribution is 2.29. The Morgan fingerprint density at radius 1 is 0.775 bits per heavy atom. The maximum atomic E-state index is 14.0. The van der Waals surface area contributed by atoms with Crippen LogP contribution in [0.5, 0.6) is 0 Å². The summed E-state index contributed by atoms with van der Waals surface area (Å²) in [6.45, 7) is 0. The van der Waals surface area contributed by atoms with Gasteiger partial charge in [-0.2, -0.15) is 0 Å². The van der Waals surface area contributed by atoms with Crippen molar-refractivity contribution in [1.29, 1.82) is 0 Å². The average molecular weight is 598 g/mol. The van der Waals surface area contributed by atoms with Crippen LogP contribution in [-0.2, 0) is 0 Å². The molecule has 0 spiro atoms. The topological polar surface area (TPSA) is 124 Å². The van der Waals surface area contributed by atoms with Crippen molar-refractivity contribution in [3.63, 3.8) is 0 Å². The molecule has 1 heterocycles. The van der Waals surface area contributed by atoms with Crippen LogP contribution in [-0.4, -0.2) is 32.9 Å². The first-order chi connectivity index (χ1) is 19.1. The monoisotopic (exact) mass is 596 g/mol. The number of rotatable bonds is 6. The van der Waals surface area contributed by atoms with Gasteiger partial charge in [-0.1, -0.05) is 46.9 Å². The molecule has 5 aromatic rings. The summed E-state index contributed by atoms with van der Waals surface area (Å²) in [5.74, 6) is -2.89. The summed E-state index contributed by atoms with van der Waals surface area (Å²) in [6.07, 6.45) is 0. The Morgan fingerprint density at radius 3 is 2.10 bits per heavy atom. The minimum Gasteiger partial charge on any atom is -0.478 e. The van der Waals surface area contributed by atoms with Crippen molar-refractivity contribution in [3.8, 4) is 11.4 Å². The molecule has 4 aromatic carbocycles. The quantitative estimate of drug-likeness (QED) is 0.161. The standard InChI is InChI=1S/C28H16Cl3FN4O4/c29-16-6-8-22(20(32)10-16)36-27(38)15-5-7-21(17(9-15)28(39)40)35-26(37)14-3-1-13(2-4-14)25-33-23-11-18(30)19(31)12-24(23)34-25/h1-12H,(H,33,34)(H,35,37)(H,36,38)(H,39,40). The Hall–Kier alpha value is -4.44. The van der Waals surface area contributed by atoms with E-state index in [1.165, 1.54) is 24.3 Å². The minimum absolute atomic E-state index is 0.0261. The van der Waals surface area contributed by atoms with Crippen molar-refractivity contribution in [2.24, 2.45) is 0 Å². The lowest BCUT2D eigenvalue weighted by molar-refractivity contribution is 0.0698. The van der Waals surface area contributed by atoms with Crippen molar-refractivity contribution < 1.29 is 23.9 Å². The summed E-state index contributed by atoms with van der Waals surface area (Å²) in [6, 6.07) is 17.2. The number of carbonyl (C=O) groups excluding carboxylic acids is 2. The predicted molar refractivity (Wildman–Crippen MR) is 152 cm³/mol. The number of benzene rings is 4. The summed E-state index contributed by atoms with van der Waals surface area (Å²) in [5.41, 5.74) is 1.74. The van der Waals surface area contributed by atoms with E-state index in [0.29, 0.717) is 32.5 Å². The van der Waals surface area contributed by atoms with Gasteiger partial charge in [0.25, 0.3) is 11.8 Å². The van der Waals surface area contributed by atoms with Gasteiger partial charge in [-0.15, -0.1) is 0 Å². The second kappa shape index (κ2) is 11.0. The normalized spacial score (nSPS) is 10.9. The fourth-order valence-corrected chi connectivity index (χ4v) is 4.35. The third-order valence-corrected chi connectivity index (χ3v) is 6.84. The van der Waals surface area contributed by atoms with Gasteiger partial charge >= 0.3 is 5.97 Å². The summed E-state index contributed by atoms with van der Waals surface area (Å²) < 4.78 is 14.0. The second-order valence-electron chi connectivity index (χ2n) is 8.54. The Bertz CT molecular complexity index is 1780. The molecule has 0 atom stereocenters. The van der Waals surface area contributed by atoms with Crippen LogP contribution >= 0.6 is 34.8 Å². The fraction of sp³-hybridized carbons (Fsp3) is 0. The molecule has 0 aliphatic rings. The van der Waals surface area contributed by atoms with Gasteiger partial charge < -0.3 is 20.7 Å². The van der Waals surface area contributed by atoms with Crippen molar-refractivity contribution in [2.45, 2.75) is 0 Å². The number of anilines is 2. The molecule has 200 valence electrons. The largest absolute Gasteiger partial charge is 0.478 e. The molecule has 0 saturated heterocycles. The summed E-state index contributed by atoms with van der Waals surface area (Å²) in [7, 11) is 0. The van der Waals surface area contributed by atoms with Gasteiger partial charge in [0.15, 0.2) is 0 Å².